The Morgan fingerprint density at radius 1 is 1.07 bits per heavy atom. The maximum absolute atomic E-state index is 12.8. The van der Waals surface area contributed by atoms with Crippen molar-refractivity contribution >= 4 is 49.7 Å². The molecule has 28 heavy (non-hydrogen) atoms. The van der Waals surface area contributed by atoms with Crippen LogP contribution in [-0.2, 0) is 4.79 Å². The minimum Gasteiger partial charge on any atom is -0.269 e. The molecule has 0 radical (unpaired) electrons. The second kappa shape index (κ2) is 7.73. The van der Waals surface area contributed by atoms with Gasteiger partial charge < -0.3 is 0 Å². The fourth-order valence-corrected chi connectivity index (χ4v) is 3.73. The van der Waals surface area contributed by atoms with Gasteiger partial charge in [-0.05, 0) is 38.1 Å². The molecule has 2 heterocycles. The van der Waals surface area contributed by atoms with E-state index < -0.39 is 6.04 Å². The largest absolute Gasteiger partial charge is 0.282 e. The molecule has 0 saturated carbocycles. The summed E-state index contributed by atoms with van der Waals surface area (Å²) in [4.78, 5) is 17.4. The fraction of sp³-hybridized carbons (Fsp3) is 0.150. The van der Waals surface area contributed by atoms with Crippen molar-refractivity contribution in [3.05, 3.63) is 63.9 Å². The number of thiazole rings is 1. The monoisotopic (exact) mass is 453 g/mol. The van der Waals surface area contributed by atoms with E-state index >= 15 is 0 Å². The number of nitrogens with zero attached hydrogens (tertiary/aromatic N) is 5. The van der Waals surface area contributed by atoms with E-state index in [4.69, 9.17) is 0 Å². The quantitative estimate of drug-likeness (QED) is 0.471. The number of anilines is 1. The van der Waals surface area contributed by atoms with Gasteiger partial charge in [0.25, 0.3) is 5.91 Å². The minimum absolute atomic E-state index is 0.245. The van der Waals surface area contributed by atoms with Crippen LogP contribution in [0, 0.1) is 6.92 Å². The summed E-state index contributed by atoms with van der Waals surface area (Å²) in [5.41, 5.74) is 4.23. The van der Waals surface area contributed by atoms with E-state index in [9.17, 15) is 4.79 Å². The van der Waals surface area contributed by atoms with Gasteiger partial charge in [-0.15, -0.1) is 11.3 Å². The molecular formula is C20H16BrN5OS. The van der Waals surface area contributed by atoms with Crippen LogP contribution >= 0.6 is 27.3 Å². The van der Waals surface area contributed by atoms with Crippen LogP contribution in [0.2, 0.25) is 0 Å². The number of amides is 1. The summed E-state index contributed by atoms with van der Waals surface area (Å²) in [5, 5.41) is 16.5. The second-order valence-electron chi connectivity index (χ2n) is 6.37. The van der Waals surface area contributed by atoms with Crippen LogP contribution in [0.15, 0.2) is 73.7 Å². The summed E-state index contributed by atoms with van der Waals surface area (Å²) in [7, 11) is 0. The zero-order valence-corrected chi connectivity index (χ0v) is 17.6. The Balaban J connectivity index is 1.53. The van der Waals surface area contributed by atoms with E-state index in [1.807, 2.05) is 60.8 Å². The third kappa shape index (κ3) is 3.79. The molecule has 0 saturated heterocycles. The van der Waals surface area contributed by atoms with Gasteiger partial charge in [0.2, 0.25) is 5.13 Å². The van der Waals surface area contributed by atoms with Gasteiger partial charge in [-0.25, -0.2) is 4.98 Å². The highest BCUT2D eigenvalue weighted by atomic mass is 79.9. The number of azo groups is 1. The van der Waals surface area contributed by atoms with Crippen molar-refractivity contribution in [3.63, 3.8) is 0 Å². The van der Waals surface area contributed by atoms with Gasteiger partial charge in [-0.1, -0.05) is 45.8 Å². The molecule has 1 aliphatic heterocycles. The smallest absolute Gasteiger partial charge is 0.269 e. The zero-order chi connectivity index (χ0) is 19.7. The zero-order valence-electron chi connectivity index (χ0n) is 15.2. The summed E-state index contributed by atoms with van der Waals surface area (Å²) in [5.74, 6) is -0.245. The van der Waals surface area contributed by atoms with Crippen LogP contribution in [0.3, 0.4) is 0 Å². The number of aryl methyl sites for hydroxylation is 1. The van der Waals surface area contributed by atoms with Crippen molar-refractivity contribution in [2.24, 2.45) is 15.3 Å². The first-order valence-electron chi connectivity index (χ1n) is 8.59. The van der Waals surface area contributed by atoms with Crippen molar-refractivity contribution in [2.45, 2.75) is 19.9 Å². The van der Waals surface area contributed by atoms with Crippen molar-refractivity contribution < 1.29 is 4.79 Å². The molecule has 1 amide bonds. The van der Waals surface area contributed by atoms with Crippen molar-refractivity contribution in [1.82, 2.24) is 4.98 Å². The number of hydrazone groups is 1. The predicted molar refractivity (Wildman–Crippen MR) is 115 cm³/mol. The molecule has 0 N–H and O–H groups in total. The van der Waals surface area contributed by atoms with Gasteiger partial charge in [0.05, 0.1) is 17.1 Å². The van der Waals surface area contributed by atoms with Crippen molar-refractivity contribution in [2.75, 3.05) is 5.01 Å². The first-order valence-corrected chi connectivity index (χ1v) is 10.3. The predicted octanol–water partition coefficient (Wildman–Crippen LogP) is 5.76. The molecule has 8 heteroatoms. The van der Waals surface area contributed by atoms with Crippen LogP contribution < -0.4 is 5.01 Å². The maximum Gasteiger partial charge on any atom is 0.282 e. The van der Waals surface area contributed by atoms with Gasteiger partial charge in [-0.2, -0.15) is 20.3 Å². The highest BCUT2D eigenvalue weighted by Gasteiger charge is 2.36. The van der Waals surface area contributed by atoms with Crippen LogP contribution in [0.25, 0.3) is 11.3 Å². The SMILES string of the molecule is CC1=NN(c2nc(-c3ccc(Br)cc3)cs2)C(=O)[C@@H]1N=Nc1ccc(C)cc1. The molecule has 0 fully saturated rings. The number of aromatic nitrogens is 1. The average Bonchev–Trinajstić information content (AvgIpc) is 3.27. The standard InChI is InChI=1S/C20H16BrN5OS/c1-12-3-9-16(10-4-12)23-24-18-13(2)25-26(19(18)27)20-22-17(11-28-20)14-5-7-15(21)8-6-14/h3-11,18H,1-2H3/t18-/m1/s1. The van der Waals surface area contributed by atoms with Gasteiger partial charge in [-0.3, -0.25) is 4.79 Å². The summed E-state index contributed by atoms with van der Waals surface area (Å²) in [6, 6.07) is 14.8. The van der Waals surface area contributed by atoms with Gasteiger partial charge >= 0.3 is 0 Å². The maximum atomic E-state index is 12.8. The average molecular weight is 454 g/mol. The lowest BCUT2D eigenvalue weighted by molar-refractivity contribution is -0.117. The van der Waals surface area contributed by atoms with Gasteiger partial charge in [0, 0.05) is 15.4 Å². The number of hydrogen-bond donors (Lipinski definition) is 0. The van der Waals surface area contributed by atoms with E-state index in [-0.39, 0.29) is 5.91 Å². The molecule has 3 aromatic rings. The Hall–Kier alpha value is -2.71. The molecule has 1 aromatic heterocycles. The van der Waals surface area contributed by atoms with E-state index in [0.717, 1.165) is 21.3 Å². The fourth-order valence-electron chi connectivity index (χ4n) is 2.68. The van der Waals surface area contributed by atoms with Crippen molar-refractivity contribution in [1.29, 1.82) is 0 Å². The Labute approximate surface area is 174 Å². The van der Waals surface area contributed by atoms with E-state index in [0.29, 0.717) is 16.5 Å². The van der Waals surface area contributed by atoms with Crippen LogP contribution in [0.4, 0.5) is 10.8 Å². The number of halogens is 1. The summed E-state index contributed by atoms with van der Waals surface area (Å²) < 4.78 is 1.00. The number of hydrogen-bond acceptors (Lipinski definition) is 6. The molecule has 0 unspecified atom stereocenters. The third-order valence-corrected chi connectivity index (χ3v) is 5.58. The van der Waals surface area contributed by atoms with Crippen molar-refractivity contribution in [3.8, 4) is 11.3 Å². The summed E-state index contributed by atoms with van der Waals surface area (Å²) in [6.07, 6.45) is 0. The Morgan fingerprint density at radius 2 is 1.79 bits per heavy atom. The molecular weight excluding hydrogens is 438 g/mol. The van der Waals surface area contributed by atoms with Gasteiger partial charge in [0.15, 0.2) is 6.04 Å². The molecule has 1 aliphatic rings. The second-order valence-corrected chi connectivity index (χ2v) is 8.12. The van der Waals surface area contributed by atoms with Crippen LogP contribution in [-0.4, -0.2) is 22.6 Å². The van der Waals surface area contributed by atoms with E-state index in [2.05, 4.69) is 36.2 Å². The normalized spacial score (nSPS) is 16.8. The lowest BCUT2D eigenvalue weighted by Crippen LogP contribution is -2.29. The topological polar surface area (TPSA) is 70.3 Å². The Kier molecular flexibility index (Phi) is 5.15. The number of benzene rings is 2. The third-order valence-electron chi connectivity index (χ3n) is 4.23. The molecule has 0 aliphatic carbocycles. The molecule has 140 valence electrons. The molecule has 0 bridgehead atoms. The minimum atomic E-state index is -0.721. The summed E-state index contributed by atoms with van der Waals surface area (Å²) in [6.45, 7) is 3.78. The lowest BCUT2D eigenvalue weighted by atomic mass is 10.2. The molecule has 2 aromatic carbocycles. The van der Waals surface area contributed by atoms with E-state index in [1.54, 1.807) is 6.92 Å². The highest BCUT2D eigenvalue weighted by Crippen LogP contribution is 2.31. The molecule has 1 atom stereocenters. The lowest BCUT2D eigenvalue weighted by Gasteiger charge is -2.08. The first kappa shape index (κ1) is 18.6. The van der Waals surface area contributed by atoms with Gasteiger partial charge in [0.1, 0.15) is 0 Å². The Morgan fingerprint density at radius 3 is 2.50 bits per heavy atom. The number of carbonyl (C=O) groups is 1. The molecule has 0 spiro atoms. The highest BCUT2D eigenvalue weighted by molar-refractivity contribution is 9.10. The van der Waals surface area contributed by atoms with Crippen LogP contribution in [0.5, 0.6) is 0 Å². The number of carbonyl (C=O) groups excluding carboxylic acids is 1. The molecule has 4 rings (SSSR count). The summed E-state index contributed by atoms with van der Waals surface area (Å²) >= 11 is 4.80. The number of rotatable bonds is 4. The molecule has 6 nitrogen and oxygen atoms in total. The first-order chi connectivity index (χ1) is 13.5. The van der Waals surface area contributed by atoms with Crippen LogP contribution in [0.1, 0.15) is 12.5 Å². The van der Waals surface area contributed by atoms with E-state index in [1.165, 1.54) is 16.3 Å². The Bertz CT molecular complexity index is 1070.